The summed E-state index contributed by atoms with van der Waals surface area (Å²) in [6, 6.07) is 16.4. The number of nitrogens with zero attached hydrogens (tertiary/aromatic N) is 3. The van der Waals surface area contributed by atoms with Gasteiger partial charge in [-0.3, -0.25) is 14.7 Å². The highest BCUT2D eigenvalue weighted by Crippen LogP contribution is 2.32. The Hall–Kier alpha value is -2.70. The zero-order valence-electron chi connectivity index (χ0n) is 18.0. The molecule has 1 amide bonds. The molecule has 4 nitrogen and oxygen atoms in total. The van der Waals surface area contributed by atoms with Gasteiger partial charge in [-0.25, -0.2) is 4.98 Å². The van der Waals surface area contributed by atoms with E-state index in [0.29, 0.717) is 13.0 Å². The molecule has 4 aromatic rings. The smallest absolute Gasteiger partial charge is 0.233 e. The van der Waals surface area contributed by atoms with Gasteiger partial charge in [0.15, 0.2) is 5.13 Å². The first-order chi connectivity index (χ1) is 15.0. The maximum atomic E-state index is 13.4. The number of thiazole rings is 1. The number of thioether (sulfide) groups is 1. The summed E-state index contributed by atoms with van der Waals surface area (Å²) in [6.07, 6.45) is 3.89. The van der Waals surface area contributed by atoms with Gasteiger partial charge in [-0.15, -0.1) is 11.8 Å². The van der Waals surface area contributed by atoms with Gasteiger partial charge in [-0.1, -0.05) is 36.5 Å². The molecule has 2 aromatic carbocycles. The van der Waals surface area contributed by atoms with Gasteiger partial charge < -0.3 is 0 Å². The fraction of sp³-hybridized carbons (Fsp3) is 0.240. The minimum Gasteiger partial charge on any atom is -0.283 e. The lowest BCUT2D eigenvalue weighted by Gasteiger charge is -2.20. The van der Waals surface area contributed by atoms with E-state index in [2.05, 4.69) is 50.0 Å². The highest BCUT2D eigenvalue weighted by atomic mass is 32.2. The SMILES string of the molecule is CCSc1ccc(CC(=O)N(Cc2cccnc2)c2nc3cc(C)c(C)cc3s2)cc1. The maximum absolute atomic E-state index is 13.4. The molecule has 0 saturated heterocycles. The predicted molar refractivity (Wildman–Crippen MR) is 131 cm³/mol. The van der Waals surface area contributed by atoms with Gasteiger partial charge in [-0.05, 0) is 72.2 Å². The molecule has 0 fully saturated rings. The number of aromatic nitrogens is 2. The summed E-state index contributed by atoms with van der Waals surface area (Å²) >= 11 is 3.37. The van der Waals surface area contributed by atoms with E-state index < -0.39 is 0 Å². The Bertz CT molecular complexity index is 1150. The topological polar surface area (TPSA) is 46.1 Å². The van der Waals surface area contributed by atoms with Crippen molar-refractivity contribution < 1.29 is 4.79 Å². The number of anilines is 1. The molecular weight excluding hydrogens is 422 g/mol. The number of hydrogen-bond acceptors (Lipinski definition) is 5. The van der Waals surface area contributed by atoms with Crippen molar-refractivity contribution in [2.45, 2.75) is 38.6 Å². The molecule has 6 heteroatoms. The van der Waals surface area contributed by atoms with Crippen LogP contribution in [0.3, 0.4) is 0 Å². The summed E-state index contributed by atoms with van der Waals surface area (Å²) in [4.78, 5) is 25.4. The Kier molecular flexibility index (Phi) is 6.68. The van der Waals surface area contributed by atoms with Crippen molar-refractivity contribution in [2.24, 2.45) is 0 Å². The first kappa shape index (κ1) is 21.5. The molecule has 0 aliphatic heterocycles. The van der Waals surface area contributed by atoms with E-state index in [0.717, 1.165) is 32.2 Å². The maximum Gasteiger partial charge on any atom is 0.233 e. The fourth-order valence-electron chi connectivity index (χ4n) is 3.36. The van der Waals surface area contributed by atoms with Gasteiger partial charge in [0.1, 0.15) is 0 Å². The first-order valence-electron chi connectivity index (χ1n) is 10.3. The molecule has 0 spiro atoms. The minimum atomic E-state index is 0.0345. The van der Waals surface area contributed by atoms with Crippen LogP contribution >= 0.6 is 23.1 Å². The third kappa shape index (κ3) is 5.14. The van der Waals surface area contributed by atoms with Crippen LogP contribution in [0, 0.1) is 13.8 Å². The van der Waals surface area contributed by atoms with Crippen LogP contribution in [0.4, 0.5) is 5.13 Å². The Morgan fingerprint density at radius 3 is 2.55 bits per heavy atom. The van der Waals surface area contributed by atoms with E-state index in [4.69, 9.17) is 4.98 Å². The number of hydrogen-bond donors (Lipinski definition) is 0. The normalized spacial score (nSPS) is 11.1. The molecule has 31 heavy (non-hydrogen) atoms. The molecular formula is C25H25N3OS2. The Morgan fingerprint density at radius 1 is 1.06 bits per heavy atom. The lowest BCUT2D eigenvalue weighted by molar-refractivity contribution is -0.118. The first-order valence-corrected chi connectivity index (χ1v) is 12.1. The number of aryl methyl sites for hydroxylation is 2. The molecule has 0 saturated carbocycles. The molecule has 0 atom stereocenters. The molecule has 0 aliphatic rings. The Balaban J connectivity index is 1.64. The van der Waals surface area contributed by atoms with Crippen LogP contribution in [-0.4, -0.2) is 21.6 Å². The number of benzene rings is 2. The number of amides is 1. The summed E-state index contributed by atoms with van der Waals surface area (Å²) in [6.45, 7) is 6.79. The Labute approximate surface area is 191 Å². The zero-order chi connectivity index (χ0) is 21.8. The van der Waals surface area contributed by atoms with E-state index >= 15 is 0 Å². The number of pyridine rings is 1. The number of rotatable bonds is 7. The van der Waals surface area contributed by atoms with Crippen LogP contribution in [0.1, 0.15) is 29.2 Å². The fourth-order valence-corrected chi connectivity index (χ4v) is 5.08. The van der Waals surface area contributed by atoms with Crippen LogP contribution in [-0.2, 0) is 17.8 Å². The average Bonchev–Trinajstić information content (AvgIpc) is 3.17. The number of carbonyl (C=O) groups excluding carboxylic acids is 1. The number of carbonyl (C=O) groups is 1. The van der Waals surface area contributed by atoms with Crippen molar-refractivity contribution in [2.75, 3.05) is 10.7 Å². The molecule has 4 rings (SSSR count). The van der Waals surface area contributed by atoms with E-state index in [1.165, 1.54) is 16.0 Å². The van der Waals surface area contributed by atoms with Crippen LogP contribution in [0.2, 0.25) is 0 Å². The summed E-state index contributed by atoms with van der Waals surface area (Å²) in [5.41, 5.74) is 5.37. The van der Waals surface area contributed by atoms with E-state index in [9.17, 15) is 4.79 Å². The van der Waals surface area contributed by atoms with Crippen molar-refractivity contribution >= 4 is 44.4 Å². The molecule has 0 N–H and O–H groups in total. The second-order valence-electron chi connectivity index (χ2n) is 7.50. The highest BCUT2D eigenvalue weighted by molar-refractivity contribution is 7.99. The molecule has 2 aromatic heterocycles. The summed E-state index contributed by atoms with van der Waals surface area (Å²) in [5, 5.41) is 0.729. The molecule has 158 valence electrons. The minimum absolute atomic E-state index is 0.0345. The van der Waals surface area contributed by atoms with Crippen molar-refractivity contribution in [1.82, 2.24) is 9.97 Å². The van der Waals surface area contributed by atoms with Gasteiger partial charge in [-0.2, -0.15) is 0 Å². The Morgan fingerprint density at radius 2 is 1.84 bits per heavy atom. The van der Waals surface area contributed by atoms with Crippen molar-refractivity contribution in [1.29, 1.82) is 0 Å². The third-order valence-corrected chi connectivity index (χ3v) is 7.11. The molecule has 0 unspecified atom stereocenters. The number of fused-ring (bicyclic) bond motifs is 1. The third-order valence-electron chi connectivity index (χ3n) is 5.18. The van der Waals surface area contributed by atoms with E-state index in [1.54, 1.807) is 40.4 Å². The van der Waals surface area contributed by atoms with Gasteiger partial charge in [0.25, 0.3) is 0 Å². The molecule has 0 bridgehead atoms. The second kappa shape index (κ2) is 9.62. The van der Waals surface area contributed by atoms with Crippen molar-refractivity contribution in [3.8, 4) is 0 Å². The van der Waals surface area contributed by atoms with Gasteiger partial charge in [0.05, 0.1) is 23.2 Å². The van der Waals surface area contributed by atoms with Crippen LogP contribution in [0.5, 0.6) is 0 Å². The van der Waals surface area contributed by atoms with Crippen molar-refractivity contribution in [3.05, 3.63) is 83.2 Å². The molecule has 0 radical (unpaired) electrons. The second-order valence-corrected chi connectivity index (χ2v) is 9.84. The van der Waals surface area contributed by atoms with Gasteiger partial charge in [0, 0.05) is 17.3 Å². The lowest BCUT2D eigenvalue weighted by Crippen LogP contribution is -2.31. The quantitative estimate of drug-likeness (QED) is 0.317. The highest BCUT2D eigenvalue weighted by Gasteiger charge is 2.21. The molecule has 2 heterocycles. The summed E-state index contributed by atoms with van der Waals surface area (Å²) in [7, 11) is 0. The average molecular weight is 448 g/mol. The van der Waals surface area contributed by atoms with Crippen LogP contribution < -0.4 is 4.90 Å². The largest absolute Gasteiger partial charge is 0.283 e. The zero-order valence-corrected chi connectivity index (χ0v) is 19.6. The van der Waals surface area contributed by atoms with E-state index in [1.807, 2.05) is 24.3 Å². The lowest BCUT2D eigenvalue weighted by atomic mass is 10.1. The molecule has 0 aliphatic carbocycles. The van der Waals surface area contributed by atoms with Gasteiger partial charge in [0.2, 0.25) is 5.91 Å². The predicted octanol–water partition coefficient (Wildman–Crippen LogP) is 6.20. The summed E-state index contributed by atoms with van der Waals surface area (Å²) in [5.74, 6) is 1.07. The van der Waals surface area contributed by atoms with Crippen LogP contribution in [0.25, 0.3) is 10.2 Å². The standard InChI is InChI=1S/C25H25N3OS2/c1-4-30-21-9-7-19(8-10-21)14-24(29)28(16-20-6-5-11-26-15-20)25-27-22-12-17(2)18(3)13-23(22)31-25/h5-13,15H,4,14,16H2,1-3H3. The van der Waals surface area contributed by atoms with Gasteiger partial charge >= 0.3 is 0 Å². The van der Waals surface area contributed by atoms with Crippen molar-refractivity contribution in [3.63, 3.8) is 0 Å². The van der Waals surface area contributed by atoms with E-state index in [-0.39, 0.29) is 5.91 Å². The monoisotopic (exact) mass is 447 g/mol. The summed E-state index contributed by atoms with van der Waals surface area (Å²) < 4.78 is 1.10. The van der Waals surface area contributed by atoms with Crippen LogP contribution in [0.15, 0.2) is 65.8 Å².